The zero-order valence-electron chi connectivity index (χ0n) is 10.9. The summed E-state index contributed by atoms with van der Waals surface area (Å²) in [7, 11) is 0. The average molecular weight is 331 g/mol. The number of hydrogen-bond donors (Lipinski definition) is 1. The van der Waals surface area contributed by atoms with Gasteiger partial charge in [0, 0.05) is 10.8 Å². The number of aliphatic hydroxyl groups excluding tert-OH is 1. The van der Waals surface area contributed by atoms with Crippen molar-refractivity contribution in [2.24, 2.45) is 0 Å². The van der Waals surface area contributed by atoms with Crippen molar-refractivity contribution in [3.8, 4) is 0 Å². The fourth-order valence-corrected chi connectivity index (χ4v) is 3.07. The number of ether oxygens (including phenoxy) is 1. The quantitative estimate of drug-likeness (QED) is 0.788. The number of thioether (sulfide) groups is 1. The fraction of sp³-hybridized carbons (Fsp3) is 0.385. The zero-order chi connectivity index (χ0) is 14.4. The van der Waals surface area contributed by atoms with Crippen LogP contribution in [0.4, 0.5) is 0 Å². The SMILES string of the molecule is C[C@@H](OC[C@@H](O)CSc1nncs1)c1ccc(Cl)cc1. The molecule has 0 fully saturated rings. The molecule has 1 aromatic heterocycles. The van der Waals surface area contributed by atoms with Crippen molar-refractivity contribution in [3.05, 3.63) is 40.4 Å². The minimum Gasteiger partial charge on any atom is -0.390 e. The van der Waals surface area contributed by atoms with Gasteiger partial charge in [0.25, 0.3) is 0 Å². The molecule has 0 amide bonds. The van der Waals surface area contributed by atoms with Crippen LogP contribution in [0.2, 0.25) is 5.02 Å². The molecular formula is C13H15ClN2O2S2. The van der Waals surface area contributed by atoms with Gasteiger partial charge in [-0.05, 0) is 24.6 Å². The van der Waals surface area contributed by atoms with Crippen molar-refractivity contribution in [3.63, 3.8) is 0 Å². The third-order valence-electron chi connectivity index (χ3n) is 2.62. The molecule has 0 aliphatic rings. The summed E-state index contributed by atoms with van der Waals surface area (Å²) in [6, 6.07) is 7.52. The van der Waals surface area contributed by atoms with Crippen molar-refractivity contribution in [2.45, 2.75) is 23.5 Å². The van der Waals surface area contributed by atoms with E-state index in [0.717, 1.165) is 9.90 Å². The van der Waals surface area contributed by atoms with Crippen molar-refractivity contribution in [2.75, 3.05) is 12.4 Å². The van der Waals surface area contributed by atoms with Gasteiger partial charge in [-0.2, -0.15) is 0 Å². The first-order valence-electron chi connectivity index (χ1n) is 6.09. The van der Waals surface area contributed by atoms with Crippen LogP contribution in [0.3, 0.4) is 0 Å². The number of aliphatic hydroxyl groups is 1. The minimum absolute atomic E-state index is 0.0755. The molecule has 1 N–H and O–H groups in total. The Labute approximate surface area is 131 Å². The molecule has 0 aliphatic heterocycles. The molecule has 0 saturated carbocycles. The summed E-state index contributed by atoms with van der Waals surface area (Å²) in [5, 5.41) is 18.2. The zero-order valence-corrected chi connectivity index (χ0v) is 13.3. The van der Waals surface area contributed by atoms with Crippen LogP contribution in [0.15, 0.2) is 34.1 Å². The Morgan fingerprint density at radius 1 is 1.40 bits per heavy atom. The lowest BCUT2D eigenvalue weighted by atomic mass is 10.1. The third kappa shape index (κ3) is 5.03. The van der Waals surface area contributed by atoms with Crippen LogP contribution in [-0.4, -0.2) is 33.8 Å². The molecule has 0 saturated heterocycles. The third-order valence-corrected chi connectivity index (χ3v) is 4.87. The van der Waals surface area contributed by atoms with E-state index in [1.54, 1.807) is 5.51 Å². The summed E-state index contributed by atoms with van der Waals surface area (Å²) in [6.07, 6.45) is -0.605. The van der Waals surface area contributed by atoms with E-state index < -0.39 is 6.10 Å². The fourth-order valence-electron chi connectivity index (χ4n) is 1.53. The normalized spacial score (nSPS) is 14.2. The highest BCUT2D eigenvalue weighted by atomic mass is 35.5. The number of hydrogen-bond acceptors (Lipinski definition) is 6. The van der Waals surface area contributed by atoms with Crippen LogP contribution >= 0.6 is 34.7 Å². The molecule has 2 atom stereocenters. The second kappa shape index (κ2) is 7.95. The Bertz CT molecular complexity index is 508. The number of nitrogens with zero attached hydrogens (tertiary/aromatic N) is 2. The number of rotatable bonds is 7. The number of halogens is 1. The molecule has 7 heteroatoms. The van der Waals surface area contributed by atoms with E-state index in [4.69, 9.17) is 16.3 Å². The highest BCUT2D eigenvalue weighted by Crippen LogP contribution is 2.22. The predicted octanol–water partition coefficient (Wildman–Crippen LogP) is 3.42. The van der Waals surface area contributed by atoms with Gasteiger partial charge in [0.1, 0.15) is 5.51 Å². The topological polar surface area (TPSA) is 55.2 Å². The van der Waals surface area contributed by atoms with E-state index >= 15 is 0 Å². The first kappa shape index (κ1) is 15.7. The smallest absolute Gasteiger partial charge is 0.174 e. The van der Waals surface area contributed by atoms with Gasteiger partial charge in [0.2, 0.25) is 0 Å². The first-order valence-corrected chi connectivity index (χ1v) is 8.33. The van der Waals surface area contributed by atoms with Gasteiger partial charge in [-0.1, -0.05) is 46.8 Å². The maximum Gasteiger partial charge on any atom is 0.174 e. The van der Waals surface area contributed by atoms with Crippen molar-refractivity contribution >= 4 is 34.7 Å². The summed E-state index contributed by atoms with van der Waals surface area (Å²) >= 11 is 8.79. The average Bonchev–Trinajstić information content (AvgIpc) is 2.96. The van der Waals surface area contributed by atoms with E-state index in [2.05, 4.69) is 10.2 Å². The van der Waals surface area contributed by atoms with Crippen LogP contribution in [-0.2, 0) is 4.74 Å². The van der Waals surface area contributed by atoms with Gasteiger partial charge in [-0.3, -0.25) is 0 Å². The van der Waals surface area contributed by atoms with Gasteiger partial charge >= 0.3 is 0 Å². The number of benzene rings is 1. The highest BCUT2D eigenvalue weighted by Gasteiger charge is 2.11. The van der Waals surface area contributed by atoms with Gasteiger partial charge in [-0.15, -0.1) is 10.2 Å². The molecule has 2 aromatic rings. The Morgan fingerprint density at radius 2 is 2.15 bits per heavy atom. The summed E-state index contributed by atoms with van der Waals surface area (Å²) in [4.78, 5) is 0. The monoisotopic (exact) mass is 330 g/mol. The Kier molecular flexibility index (Phi) is 6.25. The lowest BCUT2D eigenvalue weighted by Crippen LogP contribution is -2.19. The van der Waals surface area contributed by atoms with Gasteiger partial charge in [0.05, 0.1) is 18.8 Å². The van der Waals surface area contributed by atoms with Crippen LogP contribution < -0.4 is 0 Å². The molecule has 1 aromatic carbocycles. The van der Waals surface area contributed by atoms with Crippen LogP contribution in [0, 0.1) is 0 Å². The largest absolute Gasteiger partial charge is 0.390 e. The van der Waals surface area contributed by atoms with Crippen molar-refractivity contribution in [1.29, 1.82) is 0 Å². The van der Waals surface area contributed by atoms with Crippen molar-refractivity contribution < 1.29 is 9.84 Å². The molecule has 1 heterocycles. The predicted molar refractivity (Wildman–Crippen MR) is 82.5 cm³/mol. The molecule has 2 rings (SSSR count). The van der Waals surface area contributed by atoms with Gasteiger partial charge < -0.3 is 9.84 Å². The second-order valence-electron chi connectivity index (χ2n) is 4.20. The summed E-state index contributed by atoms with van der Waals surface area (Å²) in [5.74, 6) is 0.544. The summed E-state index contributed by atoms with van der Waals surface area (Å²) in [5.41, 5.74) is 2.71. The van der Waals surface area contributed by atoms with Gasteiger partial charge in [-0.25, -0.2) is 0 Å². The molecular weight excluding hydrogens is 316 g/mol. The van der Waals surface area contributed by atoms with Crippen LogP contribution in [0.25, 0.3) is 0 Å². The molecule has 108 valence electrons. The van der Waals surface area contributed by atoms with Crippen LogP contribution in [0.5, 0.6) is 0 Å². The Hall–Kier alpha value is -0.660. The number of aromatic nitrogens is 2. The first-order chi connectivity index (χ1) is 9.65. The van der Waals surface area contributed by atoms with E-state index in [1.807, 2.05) is 31.2 Å². The van der Waals surface area contributed by atoms with Gasteiger partial charge in [0.15, 0.2) is 4.34 Å². The standard InChI is InChI=1S/C13H15ClN2O2S2/c1-9(10-2-4-11(14)5-3-10)18-6-12(17)7-19-13-16-15-8-20-13/h2-5,8-9,12,17H,6-7H2,1H3/t9-,12-/m1/s1. The maximum atomic E-state index is 9.88. The summed E-state index contributed by atoms with van der Waals surface area (Å²) < 4.78 is 6.52. The van der Waals surface area contributed by atoms with E-state index in [-0.39, 0.29) is 12.7 Å². The molecule has 0 spiro atoms. The van der Waals surface area contributed by atoms with E-state index in [0.29, 0.717) is 10.8 Å². The van der Waals surface area contributed by atoms with Crippen LogP contribution in [0.1, 0.15) is 18.6 Å². The van der Waals surface area contributed by atoms with E-state index in [9.17, 15) is 5.11 Å². The molecule has 20 heavy (non-hydrogen) atoms. The molecule has 0 aliphatic carbocycles. The minimum atomic E-state index is -0.529. The lowest BCUT2D eigenvalue weighted by molar-refractivity contribution is 0.00623. The van der Waals surface area contributed by atoms with Crippen molar-refractivity contribution in [1.82, 2.24) is 10.2 Å². The lowest BCUT2D eigenvalue weighted by Gasteiger charge is -2.16. The van der Waals surface area contributed by atoms with E-state index in [1.165, 1.54) is 23.1 Å². The second-order valence-corrected chi connectivity index (χ2v) is 6.73. The summed E-state index contributed by atoms with van der Waals surface area (Å²) in [6.45, 7) is 2.24. The molecule has 0 radical (unpaired) electrons. The Morgan fingerprint density at radius 3 is 2.80 bits per heavy atom. The maximum absolute atomic E-state index is 9.88. The highest BCUT2D eigenvalue weighted by molar-refractivity contribution is 8.01. The molecule has 0 unspecified atom stereocenters. The molecule has 0 bridgehead atoms. The Balaban J connectivity index is 1.72. The molecule has 4 nitrogen and oxygen atoms in total.